The molecule has 1 aliphatic heterocycles. The van der Waals surface area contributed by atoms with Gasteiger partial charge in [-0.25, -0.2) is 4.79 Å². The standard InChI is InChI=1S/C12H18N2O3/c1-3-4-5-7-13-11(17)14-8-6-12(2,9-14)10(15)16/h5-9H2,1-2H3,(H,13,17)(H,15,16). The zero-order valence-corrected chi connectivity index (χ0v) is 10.2. The molecule has 0 spiro atoms. The largest absolute Gasteiger partial charge is 0.481 e. The molecule has 94 valence electrons. The Balaban J connectivity index is 2.39. The Morgan fingerprint density at radius 1 is 1.53 bits per heavy atom. The zero-order chi connectivity index (χ0) is 12.9. The maximum atomic E-state index is 11.7. The van der Waals surface area contributed by atoms with Crippen LogP contribution in [0.4, 0.5) is 4.79 Å². The van der Waals surface area contributed by atoms with Crippen molar-refractivity contribution in [1.82, 2.24) is 10.2 Å². The van der Waals surface area contributed by atoms with Crippen LogP contribution in [-0.4, -0.2) is 41.6 Å². The number of carboxylic acids is 1. The minimum absolute atomic E-state index is 0.201. The molecule has 1 atom stereocenters. The van der Waals surface area contributed by atoms with Crippen molar-refractivity contribution in [3.8, 4) is 11.8 Å². The van der Waals surface area contributed by atoms with Crippen LogP contribution < -0.4 is 5.32 Å². The third kappa shape index (κ3) is 3.38. The van der Waals surface area contributed by atoms with Gasteiger partial charge in [0, 0.05) is 26.1 Å². The third-order valence-electron chi connectivity index (χ3n) is 2.98. The van der Waals surface area contributed by atoms with Crippen molar-refractivity contribution in [2.45, 2.75) is 26.7 Å². The number of nitrogens with zero attached hydrogens (tertiary/aromatic N) is 1. The molecule has 0 aromatic carbocycles. The molecule has 1 aliphatic rings. The summed E-state index contributed by atoms with van der Waals surface area (Å²) in [5.41, 5.74) is -0.805. The molecule has 1 fully saturated rings. The van der Waals surface area contributed by atoms with Crippen LogP contribution in [0, 0.1) is 17.3 Å². The summed E-state index contributed by atoms with van der Waals surface area (Å²) in [6.45, 7) is 4.69. The van der Waals surface area contributed by atoms with E-state index in [0.29, 0.717) is 25.9 Å². The zero-order valence-electron chi connectivity index (χ0n) is 10.2. The number of hydrogen-bond acceptors (Lipinski definition) is 2. The molecule has 0 aromatic heterocycles. The summed E-state index contributed by atoms with van der Waals surface area (Å²) in [6.07, 6.45) is 1.12. The topological polar surface area (TPSA) is 69.6 Å². The van der Waals surface area contributed by atoms with Crippen LogP contribution in [-0.2, 0) is 4.79 Å². The number of rotatable bonds is 3. The van der Waals surface area contributed by atoms with Crippen molar-refractivity contribution in [2.75, 3.05) is 19.6 Å². The second-order valence-corrected chi connectivity index (χ2v) is 4.45. The summed E-state index contributed by atoms with van der Waals surface area (Å²) in [5.74, 6) is 4.75. The number of nitrogens with one attached hydrogen (secondary N) is 1. The number of likely N-dealkylation sites (tertiary alicyclic amines) is 1. The van der Waals surface area contributed by atoms with Crippen molar-refractivity contribution >= 4 is 12.0 Å². The van der Waals surface area contributed by atoms with Crippen LogP contribution in [0.3, 0.4) is 0 Å². The van der Waals surface area contributed by atoms with Gasteiger partial charge >= 0.3 is 12.0 Å². The van der Waals surface area contributed by atoms with Gasteiger partial charge in [-0.3, -0.25) is 4.79 Å². The Labute approximate surface area is 101 Å². The van der Waals surface area contributed by atoms with Crippen molar-refractivity contribution in [1.29, 1.82) is 0 Å². The smallest absolute Gasteiger partial charge is 0.317 e. The van der Waals surface area contributed by atoms with Crippen LogP contribution in [0.5, 0.6) is 0 Å². The highest BCUT2D eigenvalue weighted by Crippen LogP contribution is 2.29. The molecule has 1 rings (SSSR count). The van der Waals surface area contributed by atoms with E-state index in [-0.39, 0.29) is 12.6 Å². The maximum Gasteiger partial charge on any atom is 0.317 e. The lowest BCUT2D eigenvalue weighted by atomic mass is 9.90. The van der Waals surface area contributed by atoms with Gasteiger partial charge in [0.1, 0.15) is 0 Å². The fourth-order valence-corrected chi connectivity index (χ4v) is 1.78. The molecule has 0 aliphatic carbocycles. The second kappa shape index (κ2) is 5.58. The lowest BCUT2D eigenvalue weighted by Crippen LogP contribution is -2.41. The third-order valence-corrected chi connectivity index (χ3v) is 2.98. The Kier molecular flexibility index (Phi) is 4.38. The van der Waals surface area contributed by atoms with E-state index in [2.05, 4.69) is 17.2 Å². The Morgan fingerprint density at radius 3 is 2.76 bits per heavy atom. The maximum absolute atomic E-state index is 11.7. The molecular weight excluding hydrogens is 220 g/mol. The summed E-state index contributed by atoms with van der Waals surface area (Å²) in [5, 5.41) is 11.8. The van der Waals surface area contributed by atoms with Gasteiger partial charge in [-0.2, -0.15) is 0 Å². The predicted octanol–water partition coefficient (Wildman–Crippen LogP) is 0.906. The molecule has 0 aromatic rings. The van der Waals surface area contributed by atoms with E-state index in [1.54, 1.807) is 18.7 Å². The van der Waals surface area contributed by atoms with E-state index in [1.165, 1.54) is 0 Å². The number of amides is 2. The highest BCUT2D eigenvalue weighted by molar-refractivity contribution is 5.79. The highest BCUT2D eigenvalue weighted by atomic mass is 16.4. The summed E-state index contributed by atoms with van der Waals surface area (Å²) in [7, 11) is 0. The summed E-state index contributed by atoms with van der Waals surface area (Å²) < 4.78 is 0. The molecule has 2 amide bonds. The monoisotopic (exact) mass is 238 g/mol. The van der Waals surface area contributed by atoms with Gasteiger partial charge in [0.15, 0.2) is 0 Å². The first kappa shape index (κ1) is 13.4. The average molecular weight is 238 g/mol. The normalized spacial score (nSPS) is 22.8. The van der Waals surface area contributed by atoms with E-state index >= 15 is 0 Å². The van der Waals surface area contributed by atoms with Crippen molar-refractivity contribution < 1.29 is 14.7 Å². The summed E-state index contributed by atoms with van der Waals surface area (Å²) in [6, 6.07) is -0.201. The van der Waals surface area contributed by atoms with E-state index in [9.17, 15) is 9.59 Å². The van der Waals surface area contributed by atoms with Crippen LogP contribution >= 0.6 is 0 Å². The van der Waals surface area contributed by atoms with Crippen molar-refractivity contribution in [3.63, 3.8) is 0 Å². The fourth-order valence-electron chi connectivity index (χ4n) is 1.78. The van der Waals surface area contributed by atoms with Crippen molar-refractivity contribution in [2.24, 2.45) is 5.41 Å². The van der Waals surface area contributed by atoms with E-state index in [1.807, 2.05) is 0 Å². The summed E-state index contributed by atoms with van der Waals surface area (Å²) in [4.78, 5) is 24.3. The first-order valence-corrected chi connectivity index (χ1v) is 5.65. The number of carbonyl (C=O) groups is 2. The van der Waals surface area contributed by atoms with Crippen molar-refractivity contribution in [3.05, 3.63) is 0 Å². The van der Waals surface area contributed by atoms with Crippen LogP contribution in [0.25, 0.3) is 0 Å². The van der Waals surface area contributed by atoms with Crippen LogP contribution in [0.15, 0.2) is 0 Å². The first-order valence-electron chi connectivity index (χ1n) is 5.65. The quantitative estimate of drug-likeness (QED) is 0.567. The van der Waals surface area contributed by atoms with E-state index in [0.717, 1.165) is 0 Å². The Bertz CT molecular complexity index is 370. The van der Waals surface area contributed by atoms with Gasteiger partial charge in [-0.05, 0) is 20.3 Å². The lowest BCUT2D eigenvalue weighted by molar-refractivity contribution is -0.146. The van der Waals surface area contributed by atoms with Gasteiger partial charge < -0.3 is 15.3 Å². The SMILES string of the molecule is CC#CCCNC(=O)N1CCC(C)(C(=O)O)C1. The molecule has 0 saturated carbocycles. The van der Waals surface area contributed by atoms with Gasteiger partial charge in [-0.1, -0.05) is 0 Å². The number of carbonyl (C=O) groups excluding carboxylic acids is 1. The van der Waals surface area contributed by atoms with E-state index < -0.39 is 11.4 Å². The molecule has 2 N–H and O–H groups in total. The van der Waals surface area contributed by atoms with Crippen LogP contribution in [0.1, 0.15) is 26.7 Å². The Morgan fingerprint density at radius 2 is 2.24 bits per heavy atom. The van der Waals surface area contributed by atoms with Gasteiger partial charge in [0.25, 0.3) is 0 Å². The number of urea groups is 1. The molecular formula is C12H18N2O3. The molecule has 0 radical (unpaired) electrons. The molecule has 1 unspecified atom stereocenters. The molecule has 17 heavy (non-hydrogen) atoms. The highest BCUT2D eigenvalue weighted by Gasteiger charge is 2.41. The molecule has 1 heterocycles. The van der Waals surface area contributed by atoms with Gasteiger partial charge in [-0.15, -0.1) is 11.8 Å². The van der Waals surface area contributed by atoms with E-state index in [4.69, 9.17) is 5.11 Å². The molecule has 1 saturated heterocycles. The lowest BCUT2D eigenvalue weighted by Gasteiger charge is -2.20. The van der Waals surface area contributed by atoms with Gasteiger partial charge in [0.2, 0.25) is 0 Å². The number of aliphatic carboxylic acids is 1. The first-order chi connectivity index (χ1) is 7.99. The molecule has 0 bridgehead atoms. The van der Waals surface area contributed by atoms with Gasteiger partial charge in [0.05, 0.1) is 5.41 Å². The average Bonchev–Trinajstić information content (AvgIpc) is 2.69. The fraction of sp³-hybridized carbons (Fsp3) is 0.667. The molecule has 5 nitrogen and oxygen atoms in total. The molecule has 5 heteroatoms. The minimum Gasteiger partial charge on any atom is -0.481 e. The minimum atomic E-state index is -0.843. The number of hydrogen-bond donors (Lipinski definition) is 2. The summed E-state index contributed by atoms with van der Waals surface area (Å²) >= 11 is 0. The second-order valence-electron chi connectivity index (χ2n) is 4.45. The number of carboxylic acid groups (broad SMARTS) is 1. The predicted molar refractivity (Wildman–Crippen MR) is 63.4 cm³/mol. The van der Waals surface area contributed by atoms with Crippen LogP contribution in [0.2, 0.25) is 0 Å². The Hall–Kier alpha value is -1.70.